The molecule has 8 nitrogen and oxygen atoms in total. The third-order valence-electron chi connectivity index (χ3n) is 5.89. The summed E-state index contributed by atoms with van der Waals surface area (Å²) in [6, 6.07) is 11.6. The summed E-state index contributed by atoms with van der Waals surface area (Å²) in [6.07, 6.45) is 0.251. The van der Waals surface area contributed by atoms with Crippen LogP contribution in [0, 0.1) is 5.82 Å². The Labute approximate surface area is 216 Å². The van der Waals surface area contributed by atoms with Crippen LogP contribution in [0.2, 0.25) is 0 Å². The Balaban J connectivity index is 1.04. The van der Waals surface area contributed by atoms with E-state index in [1.165, 1.54) is 47.4 Å². The fraction of sp³-hybridized carbons (Fsp3) is 0.320. The number of anilines is 1. The highest BCUT2D eigenvalue weighted by molar-refractivity contribution is 8.01. The molecule has 0 atom stereocenters. The minimum Gasteiger partial charge on any atom is -0.454 e. The SMILES string of the molecule is O=C(CSc1nc(CC(=O)N2CCN(Cc3ccc4c(c3)OCO4)CC2)cs1)Nc1ccc(F)cc1. The molecule has 3 aromatic rings. The van der Waals surface area contributed by atoms with E-state index < -0.39 is 0 Å². The number of nitrogens with zero attached hydrogens (tertiary/aromatic N) is 3. The maximum Gasteiger partial charge on any atom is 0.234 e. The van der Waals surface area contributed by atoms with E-state index in [9.17, 15) is 14.0 Å². The molecule has 1 N–H and O–H groups in total. The van der Waals surface area contributed by atoms with Gasteiger partial charge in [0.2, 0.25) is 18.6 Å². The van der Waals surface area contributed by atoms with Gasteiger partial charge in [-0.2, -0.15) is 0 Å². The highest BCUT2D eigenvalue weighted by Crippen LogP contribution is 2.33. The third kappa shape index (κ3) is 6.34. The maximum atomic E-state index is 13.0. The molecule has 3 heterocycles. The van der Waals surface area contributed by atoms with Gasteiger partial charge in [-0.05, 0) is 42.0 Å². The number of halogens is 1. The number of thioether (sulfide) groups is 1. The van der Waals surface area contributed by atoms with Gasteiger partial charge in [0.05, 0.1) is 17.9 Å². The Bertz CT molecular complexity index is 1230. The van der Waals surface area contributed by atoms with Crippen LogP contribution in [0.1, 0.15) is 11.3 Å². The third-order valence-corrected chi connectivity index (χ3v) is 7.96. The molecule has 0 radical (unpaired) electrons. The van der Waals surface area contributed by atoms with Crippen LogP contribution in [0.3, 0.4) is 0 Å². The Morgan fingerprint density at radius 3 is 2.64 bits per heavy atom. The van der Waals surface area contributed by atoms with Crippen LogP contribution in [0.5, 0.6) is 11.5 Å². The molecule has 0 aliphatic carbocycles. The van der Waals surface area contributed by atoms with Crippen molar-refractivity contribution >= 4 is 40.6 Å². The number of hydrogen-bond acceptors (Lipinski definition) is 8. The van der Waals surface area contributed by atoms with Crippen LogP contribution in [0.4, 0.5) is 10.1 Å². The smallest absolute Gasteiger partial charge is 0.234 e. The minimum atomic E-state index is -0.352. The van der Waals surface area contributed by atoms with Gasteiger partial charge in [0.15, 0.2) is 15.8 Å². The van der Waals surface area contributed by atoms with E-state index in [1.54, 1.807) is 0 Å². The Kier molecular flexibility index (Phi) is 7.69. The lowest BCUT2D eigenvalue weighted by Crippen LogP contribution is -2.48. The molecule has 0 bridgehead atoms. The zero-order chi connectivity index (χ0) is 24.9. The fourth-order valence-corrected chi connectivity index (χ4v) is 5.66. The first-order valence-electron chi connectivity index (χ1n) is 11.5. The molecule has 11 heteroatoms. The van der Waals surface area contributed by atoms with Gasteiger partial charge in [-0.15, -0.1) is 11.3 Å². The molecule has 1 fully saturated rings. The van der Waals surface area contributed by atoms with Gasteiger partial charge in [0, 0.05) is 43.8 Å². The van der Waals surface area contributed by atoms with E-state index in [0.717, 1.165) is 41.0 Å². The monoisotopic (exact) mass is 528 g/mol. The molecular weight excluding hydrogens is 503 g/mol. The van der Waals surface area contributed by atoms with Crippen LogP contribution in [-0.2, 0) is 22.6 Å². The number of amides is 2. The Morgan fingerprint density at radius 1 is 1.06 bits per heavy atom. The molecule has 2 aliphatic rings. The van der Waals surface area contributed by atoms with Crippen molar-refractivity contribution < 1.29 is 23.5 Å². The zero-order valence-electron chi connectivity index (χ0n) is 19.4. The van der Waals surface area contributed by atoms with Crippen molar-refractivity contribution in [3.05, 3.63) is 64.9 Å². The Hall–Kier alpha value is -3.15. The summed E-state index contributed by atoms with van der Waals surface area (Å²) in [7, 11) is 0. The number of nitrogens with one attached hydrogen (secondary N) is 1. The molecular formula is C25H25FN4O4S2. The Morgan fingerprint density at radius 2 is 1.83 bits per heavy atom. The van der Waals surface area contributed by atoms with Gasteiger partial charge in [-0.25, -0.2) is 9.37 Å². The molecule has 5 rings (SSSR count). The largest absolute Gasteiger partial charge is 0.454 e. The average molecular weight is 529 g/mol. The van der Waals surface area contributed by atoms with Gasteiger partial charge >= 0.3 is 0 Å². The maximum absolute atomic E-state index is 13.0. The van der Waals surface area contributed by atoms with Gasteiger partial charge in [0.25, 0.3) is 0 Å². The van der Waals surface area contributed by atoms with Crippen molar-refractivity contribution in [3.8, 4) is 11.5 Å². The molecule has 2 aliphatic heterocycles. The second-order valence-corrected chi connectivity index (χ2v) is 10.6. The first kappa shape index (κ1) is 24.5. The standard InChI is InChI=1S/C25H25FN4O4S2/c26-18-2-4-19(5-3-18)27-23(31)15-36-25-28-20(14-35-25)12-24(32)30-9-7-29(8-10-30)13-17-1-6-21-22(11-17)34-16-33-21/h1-6,11,14H,7-10,12-13,15-16H2,(H,27,31). The van der Waals surface area contributed by atoms with E-state index in [4.69, 9.17) is 9.47 Å². The summed E-state index contributed by atoms with van der Waals surface area (Å²) in [5, 5.41) is 4.59. The van der Waals surface area contributed by atoms with Crippen molar-refractivity contribution in [1.82, 2.24) is 14.8 Å². The molecule has 2 aromatic carbocycles. The normalized spacial score (nSPS) is 15.2. The van der Waals surface area contributed by atoms with Crippen LogP contribution >= 0.6 is 23.1 Å². The molecule has 0 saturated carbocycles. The number of hydrogen-bond donors (Lipinski definition) is 1. The fourth-order valence-electron chi connectivity index (χ4n) is 4.01. The number of benzene rings is 2. The van der Waals surface area contributed by atoms with Crippen molar-refractivity contribution in [2.24, 2.45) is 0 Å². The summed E-state index contributed by atoms with van der Waals surface area (Å²) in [4.78, 5) is 33.7. The van der Waals surface area contributed by atoms with E-state index in [1.807, 2.05) is 22.4 Å². The van der Waals surface area contributed by atoms with E-state index in [2.05, 4.69) is 21.3 Å². The molecule has 2 amide bonds. The molecule has 1 saturated heterocycles. The predicted octanol–water partition coefficient (Wildman–Crippen LogP) is 3.63. The first-order chi connectivity index (χ1) is 17.5. The number of rotatable bonds is 8. The number of aromatic nitrogens is 1. The zero-order valence-corrected chi connectivity index (χ0v) is 21.1. The van der Waals surface area contributed by atoms with Crippen molar-refractivity contribution in [1.29, 1.82) is 0 Å². The number of fused-ring (bicyclic) bond motifs is 1. The summed E-state index contributed by atoms with van der Waals surface area (Å²) < 4.78 is 24.5. The summed E-state index contributed by atoms with van der Waals surface area (Å²) in [5.74, 6) is 1.27. The minimum absolute atomic E-state index is 0.0635. The van der Waals surface area contributed by atoms with Crippen LogP contribution < -0.4 is 14.8 Å². The van der Waals surface area contributed by atoms with E-state index in [0.29, 0.717) is 24.5 Å². The quantitative estimate of drug-likeness (QED) is 0.447. The van der Waals surface area contributed by atoms with Crippen LogP contribution in [0.25, 0.3) is 0 Å². The van der Waals surface area contributed by atoms with Crippen molar-refractivity contribution in [2.45, 2.75) is 17.3 Å². The van der Waals surface area contributed by atoms with Gasteiger partial charge in [-0.1, -0.05) is 17.8 Å². The van der Waals surface area contributed by atoms with E-state index >= 15 is 0 Å². The predicted molar refractivity (Wildman–Crippen MR) is 136 cm³/mol. The van der Waals surface area contributed by atoms with Crippen molar-refractivity contribution in [2.75, 3.05) is 44.0 Å². The number of piperazine rings is 1. The van der Waals surface area contributed by atoms with Gasteiger partial charge < -0.3 is 19.7 Å². The summed E-state index contributed by atoms with van der Waals surface area (Å²) in [5.41, 5.74) is 2.43. The molecule has 36 heavy (non-hydrogen) atoms. The lowest BCUT2D eigenvalue weighted by Gasteiger charge is -2.34. The van der Waals surface area contributed by atoms with Crippen LogP contribution in [0.15, 0.2) is 52.2 Å². The second-order valence-electron chi connectivity index (χ2n) is 8.47. The number of carbonyl (C=O) groups is 2. The highest BCUT2D eigenvalue weighted by atomic mass is 32.2. The molecule has 0 unspecified atom stereocenters. The molecule has 188 valence electrons. The number of ether oxygens (including phenoxy) is 2. The first-order valence-corrected chi connectivity index (χ1v) is 13.4. The van der Waals surface area contributed by atoms with Gasteiger partial charge in [-0.3, -0.25) is 14.5 Å². The number of thiazole rings is 1. The van der Waals surface area contributed by atoms with Gasteiger partial charge in [0.1, 0.15) is 5.82 Å². The second kappa shape index (κ2) is 11.3. The number of carbonyl (C=O) groups excluding carboxylic acids is 2. The van der Waals surface area contributed by atoms with E-state index in [-0.39, 0.29) is 36.6 Å². The molecule has 1 aromatic heterocycles. The highest BCUT2D eigenvalue weighted by Gasteiger charge is 2.23. The lowest BCUT2D eigenvalue weighted by molar-refractivity contribution is -0.132. The van der Waals surface area contributed by atoms with Crippen molar-refractivity contribution in [3.63, 3.8) is 0 Å². The summed E-state index contributed by atoms with van der Waals surface area (Å²) in [6.45, 7) is 4.05. The summed E-state index contributed by atoms with van der Waals surface area (Å²) >= 11 is 2.74. The van der Waals surface area contributed by atoms with Crippen LogP contribution in [-0.4, -0.2) is 65.3 Å². The lowest BCUT2D eigenvalue weighted by atomic mass is 10.1. The topological polar surface area (TPSA) is 84.0 Å². The molecule has 0 spiro atoms. The average Bonchev–Trinajstić information content (AvgIpc) is 3.53.